The minimum atomic E-state index is 0.156. The quantitative estimate of drug-likeness (QED) is 0.141. The summed E-state index contributed by atoms with van der Waals surface area (Å²) in [6, 6.07) is 31.3. The predicted molar refractivity (Wildman–Crippen MR) is 200 cm³/mol. The number of phenolic OH excluding ortho intramolecular Hbond substituents is 1. The van der Waals surface area contributed by atoms with E-state index in [9.17, 15) is 5.11 Å². The molecule has 0 spiro atoms. The Hall–Kier alpha value is -3.32. The number of hydrogen-bond acceptors (Lipinski definition) is 1. The summed E-state index contributed by atoms with van der Waals surface area (Å²) in [4.78, 5) is 0. The molecule has 1 heteroatoms. The Bertz CT molecular complexity index is 1550. The lowest BCUT2D eigenvalue weighted by Gasteiger charge is -2.35. The van der Waals surface area contributed by atoms with Crippen LogP contribution in [0, 0.1) is 0 Å². The van der Waals surface area contributed by atoms with Crippen LogP contribution in [0.2, 0.25) is 0 Å². The molecule has 0 bridgehead atoms. The zero-order chi connectivity index (χ0) is 33.4. The van der Waals surface area contributed by atoms with Crippen LogP contribution in [0.3, 0.4) is 0 Å². The molecular formula is C45H60O. The Kier molecular flexibility index (Phi) is 12.7. The van der Waals surface area contributed by atoms with E-state index in [1.165, 1.54) is 44.5 Å². The number of benzene rings is 4. The SMILES string of the molecule is CCCc1ccccc1C(C)C(C)c1ccc(O)c(C(C)C(C)c2ccccc2CCC)c1C(C)C(C)c1ccccc1CCC. The molecule has 0 aliphatic carbocycles. The van der Waals surface area contributed by atoms with E-state index in [-0.39, 0.29) is 17.8 Å². The van der Waals surface area contributed by atoms with Crippen molar-refractivity contribution in [2.24, 2.45) is 0 Å². The Morgan fingerprint density at radius 2 is 0.717 bits per heavy atom. The van der Waals surface area contributed by atoms with Crippen molar-refractivity contribution in [3.05, 3.63) is 135 Å². The van der Waals surface area contributed by atoms with Crippen molar-refractivity contribution < 1.29 is 5.11 Å². The van der Waals surface area contributed by atoms with Gasteiger partial charge in [-0.05, 0) is 105 Å². The number of rotatable bonds is 15. The van der Waals surface area contributed by atoms with Crippen LogP contribution in [-0.2, 0) is 19.3 Å². The molecule has 46 heavy (non-hydrogen) atoms. The third-order valence-corrected chi connectivity index (χ3v) is 11.1. The standard InChI is InChI=1S/C45H60O/c1-10-19-36-22-13-16-25-39(36)30(4)31(5)42-28-29-43(46)45(35(9)33(7)41-27-18-15-24-38(41)21-12-3)44(42)34(8)32(6)40-26-17-14-23-37(40)20-11-2/h13-18,22-35,46H,10-12,19-21H2,1-9H3. The molecule has 0 saturated heterocycles. The predicted octanol–water partition coefficient (Wildman–Crippen LogP) is 13.0. The molecule has 1 N–H and O–H groups in total. The second-order valence-corrected chi connectivity index (χ2v) is 14.1. The fourth-order valence-corrected chi connectivity index (χ4v) is 8.03. The third-order valence-electron chi connectivity index (χ3n) is 11.1. The van der Waals surface area contributed by atoms with E-state index in [1.807, 2.05) is 6.07 Å². The molecule has 0 amide bonds. The molecule has 246 valence electrons. The van der Waals surface area contributed by atoms with Gasteiger partial charge in [0.2, 0.25) is 0 Å². The first kappa shape index (κ1) is 35.5. The Labute approximate surface area is 281 Å². The van der Waals surface area contributed by atoms with Crippen LogP contribution in [0.25, 0.3) is 0 Å². The second kappa shape index (κ2) is 16.5. The average Bonchev–Trinajstić information content (AvgIpc) is 3.07. The lowest BCUT2D eigenvalue weighted by Crippen LogP contribution is -2.19. The number of hydrogen-bond donors (Lipinski definition) is 1. The maximum atomic E-state index is 11.8. The molecule has 4 aromatic carbocycles. The zero-order valence-corrected chi connectivity index (χ0v) is 30.2. The lowest BCUT2D eigenvalue weighted by molar-refractivity contribution is 0.448. The van der Waals surface area contributed by atoms with Gasteiger partial charge >= 0.3 is 0 Å². The lowest BCUT2D eigenvalue weighted by atomic mass is 9.70. The van der Waals surface area contributed by atoms with Crippen LogP contribution >= 0.6 is 0 Å². The number of aromatic hydroxyl groups is 1. The summed E-state index contributed by atoms with van der Waals surface area (Å²) in [6.07, 6.45) is 6.69. The van der Waals surface area contributed by atoms with Crippen LogP contribution < -0.4 is 0 Å². The monoisotopic (exact) mass is 616 g/mol. The molecule has 0 radical (unpaired) electrons. The van der Waals surface area contributed by atoms with Gasteiger partial charge in [0, 0.05) is 5.56 Å². The van der Waals surface area contributed by atoms with Gasteiger partial charge in [-0.15, -0.1) is 0 Å². The van der Waals surface area contributed by atoms with E-state index in [4.69, 9.17) is 0 Å². The van der Waals surface area contributed by atoms with Crippen LogP contribution in [0.1, 0.15) is 167 Å². The second-order valence-electron chi connectivity index (χ2n) is 14.1. The van der Waals surface area contributed by atoms with E-state index < -0.39 is 0 Å². The molecule has 0 aliphatic rings. The molecule has 6 unspecified atom stereocenters. The van der Waals surface area contributed by atoms with Gasteiger partial charge in [-0.1, -0.05) is 160 Å². The van der Waals surface area contributed by atoms with Crippen LogP contribution in [0.15, 0.2) is 84.9 Å². The van der Waals surface area contributed by atoms with Crippen molar-refractivity contribution in [3.63, 3.8) is 0 Å². The Balaban J connectivity index is 1.91. The largest absolute Gasteiger partial charge is 0.508 e. The molecule has 0 aliphatic heterocycles. The van der Waals surface area contributed by atoms with E-state index >= 15 is 0 Å². The number of aryl methyl sites for hydroxylation is 3. The molecule has 6 atom stereocenters. The van der Waals surface area contributed by atoms with Crippen molar-refractivity contribution >= 4 is 0 Å². The highest BCUT2D eigenvalue weighted by Gasteiger charge is 2.33. The average molecular weight is 617 g/mol. The highest BCUT2D eigenvalue weighted by atomic mass is 16.3. The Morgan fingerprint density at radius 3 is 1.11 bits per heavy atom. The van der Waals surface area contributed by atoms with Crippen molar-refractivity contribution in [1.82, 2.24) is 0 Å². The van der Waals surface area contributed by atoms with Crippen molar-refractivity contribution in [1.29, 1.82) is 0 Å². The maximum absolute atomic E-state index is 11.8. The minimum Gasteiger partial charge on any atom is -0.508 e. The first-order chi connectivity index (χ1) is 22.2. The fraction of sp³-hybridized carbons (Fsp3) is 0.467. The molecule has 4 aromatic rings. The van der Waals surface area contributed by atoms with E-state index in [1.54, 1.807) is 0 Å². The van der Waals surface area contributed by atoms with Gasteiger partial charge in [0.05, 0.1) is 0 Å². The fourth-order valence-electron chi connectivity index (χ4n) is 8.03. The van der Waals surface area contributed by atoms with Crippen molar-refractivity contribution in [2.45, 2.75) is 136 Å². The van der Waals surface area contributed by atoms with Gasteiger partial charge in [-0.25, -0.2) is 0 Å². The summed E-state index contributed by atoms with van der Waals surface area (Å²) in [5.41, 5.74) is 12.6. The summed E-state index contributed by atoms with van der Waals surface area (Å²) < 4.78 is 0. The van der Waals surface area contributed by atoms with Crippen LogP contribution in [0.5, 0.6) is 5.75 Å². The summed E-state index contributed by atoms with van der Waals surface area (Å²) in [6.45, 7) is 21.2. The topological polar surface area (TPSA) is 20.2 Å². The molecule has 0 aromatic heterocycles. The van der Waals surface area contributed by atoms with Gasteiger partial charge in [0.15, 0.2) is 0 Å². The normalized spacial score (nSPS) is 15.6. The smallest absolute Gasteiger partial charge is 0.119 e. The molecule has 0 saturated carbocycles. The third kappa shape index (κ3) is 7.62. The number of phenols is 1. The minimum absolute atomic E-state index is 0.156. The van der Waals surface area contributed by atoms with Crippen LogP contribution in [0.4, 0.5) is 0 Å². The van der Waals surface area contributed by atoms with Gasteiger partial charge in [-0.3, -0.25) is 0 Å². The Morgan fingerprint density at radius 1 is 0.391 bits per heavy atom. The molecule has 4 rings (SSSR count). The molecule has 0 heterocycles. The van der Waals surface area contributed by atoms with E-state index in [2.05, 4.69) is 141 Å². The summed E-state index contributed by atoms with van der Waals surface area (Å²) in [5.74, 6) is 2.06. The first-order valence-electron chi connectivity index (χ1n) is 18.2. The molecule has 0 fully saturated rings. The van der Waals surface area contributed by atoms with E-state index in [0.717, 1.165) is 44.1 Å². The van der Waals surface area contributed by atoms with Crippen LogP contribution in [-0.4, -0.2) is 5.11 Å². The maximum Gasteiger partial charge on any atom is 0.119 e. The summed E-state index contributed by atoms with van der Waals surface area (Å²) in [7, 11) is 0. The zero-order valence-electron chi connectivity index (χ0n) is 30.2. The van der Waals surface area contributed by atoms with Crippen molar-refractivity contribution in [2.75, 3.05) is 0 Å². The van der Waals surface area contributed by atoms with Gasteiger partial charge < -0.3 is 5.11 Å². The summed E-state index contributed by atoms with van der Waals surface area (Å²) in [5, 5.41) is 11.8. The van der Waals surface area contributed by atoms with Crippen molar-refractivity contribution in [3.8, 4) is 5.75 Å². The highest BCUT2D eigenvalue weighted by Crippen LogP contribution is 2.49. The molecule has 1 nitrogen and oxygen atoms in total. The first-order valence-corrected chi connectivity index (χ1v) is 18.2. The van der Waals surface area contributed by atoms with Gasteiger partial charge in [-0.2, -0.15) is 0 Å². The molecular weight excluding hydrogens is 556 g/mol. The highest BCUT2D eigenvalue weighted by molar-refractivity contribution is 5.53. The van der Waals surface area contributed by atoms with E-state index in [0.29, 0.717) is 23.5 Å². The summed E-state index contributed by atoms with van der Waals surface area (Å²) >= 11 is 0. The van der Waals surface area contributed by atoms with Gasteiger partial charge in [0.1, 0.15) is 5.75 Å². The van der Waals surface area contributed by atoms with Gasteiger partial charge in [0.25, 0.3) is 0 Å².